The van der Waals surface area contributed by atoms with Gasteiger partial charge in [0.2, 0.25) is 0 Å². The molecule has 0 bridgehead atoms. The summed E-state index contributed by atoms with van der Waals surface area (Å²) >= 11 is 0. The molecule has 0 heterocycles. The van der Waals surface area contributed by atoms with E-state index in [0.29, 0.717) is 0 Å². The average Bonchev–Trinajstić information content (AvgIpc) is 2.49. The molecule has 0 fully saturated rings. The number of esters is 2. The SMILES string of the molecule is O=C(OC(=O)c1ccccc1)OC(=O)c1ccccc1.[H-].[H-].[K+].[K+]. The van der Waals surface area contributed by atoms with Crippen LogP contribution in [0.1, 0.15) is 23.6 Å². The predicted molar refractivity (Wildman–Crippen MR) is 71.3 cm³/mol. The summed E-state index contributed by atoms with van der Waals surface area (Å²) in [5.41, 5.74) is 0.383. The van der Waals surface area contributed by atoms with Crippen LogP contribution < -0.4 is 103 Å². The monoisotopic (exact) mass is 350 g/mol. The average molecular weight is 350 g/mol. The molecule has 2 aromatic rings. The van der Waals surface area contributed by atoms with Gasteiger partial charge in [-0.2, -0.15) is 0 Å². The van der Waals surface area contributed by atoms with Crippen LogP contribution >= 0.6 is 0 Å². The summed E-state index contributed by atoms with van der Waals surface area (Å²) in [5.74, 6) is -1.76. The van der Waals surface area contributed by atoms with Crippen molar-refractivity contribution in [3.63, 3.8) is 0 Å². The molecule has 22 heavy (non-hydrogen) atoms. The molecule has 0 amide bonds. The Bertz CT molecular complexity index is 583. The van der Waals surface area contributed by atoms with Crippen LogP contribution in [0, 0.1) is 0 Å². The van der Waals surface area contributed by atoms with Gasteiger partial charge in [0.15, 0.2) is 0 Å². The van der Waals surface area contributed by atoms with Crippen molar-refractivity contribution < 1.29 is 129 Å². The fourth-order valence-corrected chi connectivity index (χ4v) is 1.44. The molecule has 104 valence electrons. The fourth-order valence-electron chi connectivity index (χ4n) is 1.44. The van der Waals surface area contributed by atoms with Crippen LogP contribution in [-0.4, -0.2) is 18.1 Å². The van der Waals surface area contributed by atoms with Crippen LogP contribution in [0.15, 0.2) is 60.7 Å². The van der Waals surface area contributed by atoms with Gasteiger partial charge in [0.05, 0.1) is 11.1 Å². The van der Waals surface area contributed by atoms with E-state index in [2.05, 4.69) is 9.47 Å². The topological polar surface area (TPSA) is 69.7 Å². The van der Waals surface area contributed by atoms with Crippen molar-refractivity contribution in [1.82, 2.24) is 0 Å². The summed E-state index contributed by atoms with van der Waals surface area (Å²) in [4.78, 5) is 34.4. The van der Waals surface area contributed by atoms with Gasteiger partial charge in [-0.15, -0.1) is 0 Å². The van der Waals surface area contributed by atoms with Crippen molar-refractivity contribution >= 4 is 18.1 Å². The quantitative estimate of drug-likeness (QED) is 0.329. The Morgan fingerprint density at radius 2 is 0.955 bits per heavy atom. The summed E-state index contributed by atoms with van der Waals surface area (Å²) in [5, 5.41) is 0. The van der Waals surface area contributed by atoms with Gasteiger partial charge in [0.25, 0.3) is 0 Å². The number of hydrogen-bond donors (Lipinski definition) is 0. The number of carbonyl (C=O) groups excluding carboxylic acids is 3. The maximum absolute atomic E-state index is 11.5. The minimum absolute atomic E-state index is 0. The standard InChI is InChI=1S/C15H10O5.2K.2H/c16-13(11-7-3-1-4-8-11)19-15(18)20-14(17)12-9-5-2-6-10-12;;;;/h1-10H;;;;/q;2*+1;2*-1. The smallest absolute Gasteiger partial charge is 1.00 e. The second kappa shape index (κ2) is 11.8. The molecule has 7 heteroatoms. The van der Waals surface area contributed by atoms with Crippen LogP contribution in [0.3, 0.4) is 0 Å². The van der Waals surface area contributed by atoms with E-state index in [-0.39, 0.29) is 117 Å². The van der Waals surface area contributed by atoms with Crippen molar-refractivity contribution in [2.45, 2.75) is 0 Å². The Morgan fingerprint density at radius 3 is 1.27 bits per heavy atom. The molecule has 0 spiro atoms. The third kappa shape index (κ3) is 7.26. The second-order valence-electron chi connectivity index (χ2n) is 3.76. The number of benzene rings is 2. The number of carbonyl (C=O) groups is 3. The van der Waals surface area contributed by atoms with Gasteiger partial charge in [-0.05, 0) is 24.3 Å². The molecule has 0 N–H and O–H groups in total. The van der Waals surface area contributed by atoms with Gasteiger partial charge >= 0.3 is 121 Å². The van der Waals surface area contributed by atoms with E-state index < -0.39 is 18.1 Å². The Labute approximate surface area is 215 Å². The summed E-state index contributed by atoms with van der Waals surface area (Å²) in [6.07, 6.45) is -1.35. The van der Waals surface area contributed by atoms with Crippen molar-refractivity contribution in [2.24, 2.45) is 0 Å². The van der Waals surface area contributed by atoms with Gasteiger partial charge in [-0.3, -0.25) is 0 Å². The molecule has 2 rings (SSSR count). The molecule has 0 radical (unpaired) electrons. The third-order valence-electron chi connectivity index (χ3n) is 2.37. The maximum Gasteiger partial charge on any atom is 1.00 e. The van der Waals surface area contributed by atoms with Gasteiger partial charge in [0.1, 0.15) is 0 Å². The Balaban J connectivity index is -0.00000110. The molecule has 0 saturated carbocycles. The molecule has 0 aliphatic heterocycles. The minimum atomic E-state index is -1.35. The van der Waals surface area contributed by atoms with Crippen LogP contribution in [0.5, 0.6) is 0 Å². The van der Waals surface area contributed by atoms with E-state index in [4.69, 9.17) is 0 Å². The Kier molecular flexibility index (Phi) is 12.0. The molecule has 0 saturated heterocycles. The number of rotatable bonds is 2. The second-order valence-corrected chi connectivity index (χ2v) is 3.76. The van der Waals surface area contributed by atoms with Crippen molar-refractivity contribution in [3.05, 3.63) is 71.8 Å². The van der Waals surface area contributed by atoms with Crippen molar-refractivity contribution in [2.75, 3.05) is 0 Å². The first-order valence-corrected chi connectivity index (χ1v) is 5.75. The Hall–Kier alpha value is 0.323. The first-order chi connectivity index (χ1) is 9.66. The van der Waals surface area contributed by atoms with Gasteiger partial charge < -0.3 is 12.3 Å². The van der Waals surface area contributed by atoms with Crippen molar-refractivity contribution in [1.29, 1.82) is 0 Å². The summed E-state index contributed by atoms with van der Waals surface area (Å²) < 4.78 is 8.82. The van der Waals surface area contributed by atoms with E-state index in [0.717, 1.165) is 0 Å². The zero-order chi connectivity index (χ0) is 14.4. The van der Waals surface area contributed by atoms with E-state index in [1.165, 1.54) is 24.3 Å². The first kappa shape index (κ1) is 22.3. The summed E-state index contributed by atoms with van der Waals surface area (Å²) in [6.45, 7) is 0. The van der Waals surface area contributed by atoms with E-state index >= 15 is 0 Å². The van der Waals surface area contributed by atoms with Gasteiger partial charge in [0, 0.05) is 0 Å². The number of hydrogen-bond acceptors (Lipinski definition) is 5. The minimum Gasteiger partial charge on any atom is -1.00 e. The zero-order valence-electron chi connectivity index (χ0n) is 14.3. The molecule has 0 aromatic heterocycles. The van der Waals surface area contributed by atoms with Crippen LogP contribution in [0.25, 0.3) is 0 Å². The maximum atomic E-state index is 11.5. The molecule has 0 atom stereocenters. The van der Waals surface area contributed by atoms with E-state index in [1.807, 2.05) is 0 Å². The van der Waals surface area contributed by atoms with Crippen LogP contribution in [0.2, 0.25) is 0 Å². The van der Waals surface area contributed by atoms with Crippen LogP contribution in [-0.2, 0) is 9.47 Å². The molecule has 0 aliphatic carbocycles. The largest absolute Gasteiger partial charge is 1.00 e. The molecule has 2 aromatic carbocycles. The molecular formula is C15H12K2O5. The molecule has 0 unspecified atom stereocenters. The normalized spacial score (nSPS) is 8.73. The van der Waals surface area contributed by atoms with Gasteiger partial charge in [-0.25, -0.2) is 14.4 Å². The predicted octanol–water partition coefficient (Wildman–Crippen LogP) is -2.95. The summed E-state index contributed by atoms with van der Waals surface area (Å²) in [6, 6.07) is 15.8. The molecule has 0 aliphatic rings. The molecule has 5 nitrogen and oxygen atoms in total. The van der Waals surface area contributed by atoms with Crippen molar-refractivity contribution in [3.8, 4) is 0 Å². The zero-order valence-corrected chi connectivity index (χ0v) is 18.6. The Morgan fingerprint density at radius 1 is 0.636 bits per heavy atom. The third-order valence-corrected chi connectivity index (χ3v) is 2.37. The van der Waals surface area contributed by atoms with Crippen LogP contribution in [0.4, 0.5) is 4.79 Å². The first-order valence-electron chi connectivity index (χ1n) is 5.75. The van der Waals surface area contributed by atoms with Gasteiger partial charge in [-0.1, -0.05) is 36.4 Å². The fraction of sp³-hybridized carbons (Fsp3) is 0. The van der Waals surface area contributed by atoms with E-state index in [1.54, 1.807) is 36.4 Å². The van der Waals surface area contributed by atoms with E-state index in [9.17, 15) is 14.4 Å². The molecular weight excluding hydrogens is 338 g/mol. The number of ether oxygens (including phenoxy) is 2. The summed E-state index contributed by atoms with van der Waals surface area (Å²) in [7, 11) is 0.